The molecule has 1 atom stereocenters. The van der Waals surface area contributed by atoms with Gasteiger partial charge in [0.05, 0.1) is 6.61 Å². The number of hydrogen-bond acceptors (Lipinski definition) is 3. The monoisotopic (exact) mass is 273 g/mol. The molecule has 0 radical (unpaired) electrons. The predicted octanol–water partition coefficient (Wildman–Crippen LogP) is 2.32. The van der Waals surface area contributed by atoms with Crippen LogP contribution in [0.3, 0.4) is 0 Å². The highest BCUT2D eigenvalue weighted by atomic mass is 79.9. The minimum atomic E-state index is 0.0370. The Balaban J connectivity index is 2.71. The highest BCUT2D eigenvalue weighted by Crippen LogP contribution is 2.22. The Morgan fingerprint density at radius 3 is 2.73 bits per heavy atom. The molecule has 0 spiro atoms. The molecule has 2 N–H and O–H groups in total. The summed E-state index contributed by atoms with van der Waals surface area (Å²) in [7, 11) is 1.66. The van der Waals surface area contributed by atoms with Crippen molar-refractivity contribution in [3.8, 4) is 5.75 Å². The second-order valence-electron chi connectivity index (χ2n) is 3.38. The first-order valence-corrected chi connectivity index (χ1v) is 5.60. The van der Waals surface area contributed by atoms with E-state index in [0.29, 0.717) is 13.2 Å². The van der Waals surface area contributed by atoms with E-state index in [1.54, 1.807) is 7.11 Å². The molecule has 0 saturated heterocycles. The van der Waals surface area contributed by atoms with Crippen molar-refractivity contribution < 1.29 is 9.47 Å². The Labute approximate surface area is 98.7 Å². The van der Waals surface area contributed by atoms with Crippen molar-refractivity contribution in [3.05, 3.63) is 28.2 Å². The van der Waals surface area contributed by atoms with Crippen LogP contribution in [-0.4, -0.2) is 19.8 Å². The highest BCUT2D eigenvalue weighted by molar-refractivity contribution is 9.10. The number of halogens is 1. The molecule has 0 heterocycles. The number of ether oxygens (including phenoxy) is 2. The first-order valence-electron chi connectivity index (χ1n) is 4.81. The predicted molar refractivity (Wildman–Crippen MR) is 64.0 cm³/mol. The van der Waals surface area contributed by atoms with Crippen LogP contribution in [-0.2, 0) is 11.3 Å². The summed E-state index contributed by atoms with van der Waals surface area (Å²) in [6.07, 6.45) is 0.0370. The van der Waals surface area contributed by atoms with Crippen LogP contribution in [0, 0.1) is 0 Å². The van der Waals surface area contributed by atoms with Crippen LogP contribution >= 0.6 is 15.9 Å². The smallest absolute Gasteiger partial charge is 0.121 e. The SMILES string of the molecule is COCC(C)Oc1cc(Br)cc(CN)c1. The molecule has 0 bridgehead atoms. The van der Waals surface area contributed by atoms with E-state index in [0.717, 1.165) is 15.8 Å². The average molecular weight is 274 g/mol. The lowest BCUT2D eigenvalue weighted by molar-refractivity contribution is 0.0920. The van der Waals surface area contributed by atoms with Gasteiger partial charge in [0.2, 0.25) is 0 Å². The van der Waals surface area contributed by atoms with Crippen molar-refractivity contribution in [1.82, 2.24) is 0 Å². The van der Waals surface area contributed by atoms with Crippen LogP contribution in [0.1, 0.15) is 12.5 Å². The number of rotatable bonds is 5. The fourth-order valence-corrected chi connectivity index (χ4v) is 1.83. The topological polar surface area (TPSA) is 44.5 Å². The van der Waals surface area contributed by atoms with E-state index in [2.05, 4.69) is 15.9 Å². The van der Waals surface area contributed by atoms with Gasteiger partial charge in [0.15, 0.2) is 0 Å². The molecule has 1 aromatic rings. The maximum Gasteiger partial charge on any atom is 0.121 e. The summed E-state index contributed by atoms with van der Waals surface area (Å²) in [5.41, 5.74) is 6.62. The molecule has 4 heteroatoms. The van der Waals surface area contributed by atoms with Crippen LogP contribution in [0.4, 0.5) is 0 Å². The quantitative estimate of drug-likeness (QED) is 0.896. The van der Waals surface area contributed by atoms with E-state index in [1.165, 1.54) is 0 Å². The molecule has 0 saturated carbocycles. The Morgan fingerprint density at radius 1 is 1.40 bits per heavy atom. The van der Waals surface area contributed by atoms with Gasteiger partial charge in [-0.3, -0.25) is 0 Å². The van der Waals surface area contributed by atoms with Crippen molar-refractivity contribution in [2.24, 2.45) is 5.73 Å². The number of methoxy groups -OCH3 is 1. The third-order valence-corrected chi connectivity index (χ3v) is 2.36. The van der Waals surface area contributed by atoms with Gasteiger partial charge in [-0.1, -0.05) is 15.9 Å². The molecule has 15 heavy (non-hydrogen) atoms. The highest BCUT2D eigenvalue weighted by Gasteiger charge is 2.05. The Morgan fingerprint density at radius 2 is 2.13 bits per heavy atom. The fraction of sp³-hybridized carbons (Fsp3) is 0.455. The van der Waals surface area contributed by atoms with Crippen molar-refractivity contribution >= 4 is 15.9 Å². The van der Waals surface area contributed by atoms with Gasteiger partial charge in [-0.05, 0) is 30.7 Å². The summed E-state index contributed by atoms with van der Waals surface area (Å²) in [6.45, 7) is 3.05. The van der Waals surface area contributed by atoms with Crippen molar-refractivity contribution in [1.29, 1.82) is 0 Å². The van der Waals surface area contributed by atoms with Crippen LogP contribution < -0.4 is 10.5 Å². The Hall–Kier alpha value is -0.580. The average Bonchev–Trinajstić information content (AvgIpc) is 2.17. The minimum Gasteiger partial charge on any atom is -0.488 e. The molecule has 0 aliphatic carbocycles. The van der Waals surface area contributed by atoms with E-state index >= 15 is 0 Å². The lowest BCUT2D eigenvalue weighted by atomic mass is 10.2. The van der Waals surface area contributed by atoms with E-state index in [-0.39, 0.29) is 6.10 Å². The summed E-state index contributed by atoms with van der Waals surface area (Å²) < 4.78 is 11.6. The maximum absolute atomic E-state index is 5.67. The third-order valence-electron chi connectivity index (χ3n) is 1.91. The fourth-order valence-electron chi connectivity index (χ4n) is 1.31. The second kappa shape index (κ2) is 6.10. The summed E-state index contributed by atoms with van der Waals surface area (Å²) in [4.78, 5) is 0. The molecule has 84 valence electrons. The molecular weight excluding hydrogens is 258 g/mol. The van der Waals surface area contributed by atoms with Gasteiger partial charge in [-0.25, -0.2) is 0 Å². The normalized spacial score (nSPS) is 12.5. The molecule has 1 rings (SSSR count). The Bertz CT molecular complexity index is 317. The zero-order chi connectivity index (χ0) is 11.3. The van der Waals surface area contributed by atoms with Crippen LogP contribution in [0.25, 0.3) is 0 Å². The Kier molecular flexibility index (Phi) is 5.08. The van der Waals surface area contributed by atoms with Gasteiger partial charge < -0.3 is 15.2 Å². The van der Waals surface area contributed by atoms with Gasteiger partial charge >= 0.3 is 0 Å². The summed E-state index contributed by atoms with van der Waals surface area (Å²) in [5.74, 6) is 0.814. The summed E-state index contributed by atoms with van der Waals surface area (Å²) >= 11 is 3.42. The first-order chi connectivity index (χ1) is 7.15. The third kappa shape index (κ3) is 4.20. The molecule has 1 aromatic carbocycles. The van der Waals surface area contributed by atoms with E-state index in [4.69, 9.17) is 15.2 Å². The lowest BCUT2D eigenvalue weighted by Crippen LogP contribution is -2.18. The van der Waals surface area contributed by atoms with Gasteiger partial charge in [0.25, 0.3) is 0 Å². The van der Waals surface area contributed by atoms with E-state index in [9.17, 15) is 0 Å². The molecule has 1 unspecified atom stereocenters. The maximum atomic E-state index is 5.67. The number of benzene rings is 1. The van der Waals surface area contributed by atoms with Crippen molar-refractivity contribution in [3.63, 3.8) is 0 Å². The molecule has 0 aromatic heterocycles. The molecule has 0 fully saturated rings. The summed E-state index contributed by atoms with van der Waals surface area (Å²) in [6, 6.07) is 5.84. The summed E-state index contributed by atoms with van der Waals surface area (Å²) in [5, 5.41) is 0. The molecule has 0 aliphatic heterocycles. The second-order valence-corrected chi connectivity index (χ2v) is 4.30. The van der Waals surface area contributed by atoms with Gasteiger partial charge in [0, 0.05) is 18.1 Å². The van der Waals surface area contributed by atoms with Crippen molar-refractivity contribution in [2.75, 3.05) is 13.7 Å². The van der Waals surface area contributed by atoms with Gasteiger partial charge in [0.1, 0.15) is 11.9 Å². The first kappa shape index (κ1) is 12.5. The molecule has 0 amide bonds. The van der Waals surface area contributed by atoms with Crippen molar-refractivity contribution in [2.45, 2.75) is 19.6 Å². The molecule has 0 aliphatic rings. The van der Waals surface area contributed by atoms with Crippen LogP contribution in [0.15, 0.2) is 22.7 Å². The number of hydrogen-bond donors (Lipinski definition) is 1. The standard InChI is InChI=1S/C11H16BrNO2/c1-8(7-14-2)15-11-4-9(6-13)3-10(12)5-11/h3-5,8H,6-7,13H2,1-2H3. The van der Waals surface area contributed by atoms with Gasteiger partial charge in [-0.2, -0.15) is 0 Å². The zero-order valence-electron chi connectivity index (χ0n) is 9.00. The van der Waals surface area contributed by atoms with Crippen LogP contribution in [0.2, 0.25) is 0 Å². The molecule has 3 nitrogen and oxygen atoms in total. The largest absolute Gasteiger partial charge is 0.488 e. The van der Waals surface area contributed by atoms with E-state index in [1.807, 2.05) is 25.1 Å². The number of nitrogens with two attached hydrogens (primary N) is 1. The minimum absolute atomic E-state index is 0.0370. The zero-order valence-corrected chi connectivity index (χ0v) is 10.6. The van der Waals surface area contributed by atoms with Crippen LogP contribution in [0.5, 0.6) is 5.75 Å². The molecular formula is C11H16BrNO2. The van der Waals surface area contributed by atoms with E-state index < -0.39 is 0 Å². The van der Waals surface area contributed by atoms with Gasteiger partial charge in [-0.15, -0.1) is 0 Å². The lowest BCUT2D eigenvalue weighted by Gasteiger charge is -2.14.